The summed E-state index contributed by atoms with van der Waals surface area (Å²) in [5, 5.41) is 12.0. The number of ether oxygens (including phenoxy) is 2. The molecular formula is C28H23F6N3O6S. The largest absolute Gasteiger partial charge is 0.586 e. The van der Waals surface area contributed by atoms with Gasteiger partial charge >= 0.3 is 12.5 Å². The molecule has 0 spiro atoms. The Morgan fingerprint density at radius 3 is 2.52 bits per heavy atom. The summed E-state index contributed by atoms with van der Waals surface area (Å²) in [4.78, 5) is 16.5. The van der Waals surface area contributed by atoms with Gasteiger partial charge in [-0.3, -0.25) is 4.79 Å². The molecule has 9 nitrogen and oxygen atoms in total. The lowest BCUT2D eigenvalue weighted by molar-refractivity contribution is -0.287. The Morgan fingerprint density at radius 1 is 1.11 bits per heavy atom. The third kappa shape index (κ3) is 6.04. The molecule has 0 saturated carbocycles. The minimum atomic E-state index is -4.97. The van der Waals surface area contributed by atoms with Crippen molar-refractivity contribution in [2.75, 3.05) is 12.4 Å². The predicted molar refractivity (Wildman–Crippen MR) is 143 cm³/mol. The van der Waals surface area contributed by atoms with Crippen LogP contribution in [0.4, 0.5) is 26.3 Å². The molecule has 0 saturated heterocycles. The number of para-hydroxylation sites is 1. The summed E-state index contributed by atoms with van der Waals surface area (Å²) in [5.74, 6) is -4.18. The van der Waals surface area contributed by atoms with Gasteiger partial charge in [0.2, 0.25) is 5.82 Å². The maximum Gasteiger partial charge on any atom is 0.586 e. The van der Waals surface area contributed by atoms with Crippen LogP contribution < -0.4 is 14.8 Å². The molecule has 4 aromatic rings. The Bertz CT molecular complexity index is 1860. The van der Waals surface area contributed by atoms with E-state index in [0.717, 1.165) is 16.7 Å². The number of carbonyl (C=O) groups excluding carboxylic acids is 1. The van der Waals surface area contributed by atoms with Gasteiger partial charge in [-0.15, -0.1) is 8.78 Å². The predicted octanol–water partition coefficient (Wildman–Crippen LogP) is 5.21. The van der Waals surface area contributed by atoms with E-state index in [2.05, 4.69) is 19.8 Å². The van der Waals surface area contributed by atoms with Gasteiger partial charge in [0, 0.05) is 23.3 Å². The fourth-order valence-corrected chi connectivity index (χ4v) is 5.69. The summed E-state index contributed by atoms with van der Waals surface area (Å²) in [6.07, 6.45) is -9.12. The van der Waals surface area contributed by atoms with Crippen LogP contribution in [0.15, 0.2) is 59.5 Å². The molecule has 1 aliphatic rings. The summed E-state index contributed by atoms with van der Waals surface area (Å²) in [5.41, 5.74) is -0.638. The summed E-state index contributed by atoms with van der Waals surface area (Å²) in [6.45, 7) is 0.328. The molecule has 1 aliphatic heterocycles. The second-order valence-corrected chi connectivity index (χ2v) is 12.0. The molecule has 1 amide bonds. The molecule has 16 heteroatoms. The zero-order valence-corrected chi connectivity index (χ0v) is 23.5. The van der Waals surface area contributed by atoms with E-state index in [-0.39, 0.29) is 50.5 Å². The fraction of sp³-hybridized carbons (Fsp3) is 0.286. The highest BCUT2D eigenvalue weighted by Gasteiger charge is 2.45. The standard InChI is InChI=1S/C28H23F6N3O6S/c1-2-44(40,41)17-7-8-18(19(29)13-17)20(10-11-38)35-25(39)15-6-9-22-21(12-15)36-26(27(30,31)32)37(22)14-16-4-3-5-23-24(16)43-28(33,34)42-23/h3-9,12-13,20,38H,2,10-11,14H2,1H3,(H,35,39)/t20-/m0/s1. The van der Waals surface area contributed by atoms with Gasteiger partial charge in [-0.2, -0.15) is 13.2 Å². The molecule has 0 radical (unpaired) electrons. The lowest BCUT2D eigenvalue weighted by atomic mass is 10.0. The van der Waals surface area contributed by atoms with Crippen LogP contribution in [0.3, 0.4) is 0 Å². The molecule has 0 bridgehead atoms. The van der Waals surface area contributed by atoms with Crippen LogP contribution >= 0.6 is 0 Å². The monoisotopic (exact) mass is 643 g/mol. The maximum absolute atomic E-state index is 14.9. The van der Waals surface area contributed by atoms with E-state index in [9.17, 15) is 44.7 Å². The molecule has 234 valence electrons. The second kappa shape index (κ2) is 11.3. The second-order valence-electron chi connectivity index (χ2n) is 9.76. The molecule has 2 N–H and O–H groups in total. The van der Waals surface area contributed by atoms with Crippen molar-refractivity contribution in [2.45, 2.75) is 43.3 Å². The normalized spacial score (nSPS) is 15.0. The van der Waals surface area contributed by atoms with E-state index in [1.54, 1.807) is 0 Å². The molecular weight excluding hydrogens is 620 g/mol. The number of amides is 1. The van der Waals surface area contributed by atoms with E-state index < -0.39 is 64.8 Å². The molecule has 2 heterocycles. The Morgan fingerprint density at radius 2 is 1.86 bits per heavy atom. The first-order valence-corrected chi connectivity index (χ1v) is 14.7. The fourth-order valence-electron chi connectivity index (χ4n) is 4.79. The van der Waals surface area contributed by atoms with Gasteiger partial charge < -0.3 is 24.5 Å². The van der Waals surface area contributed by atoms with Crippen LogP contribution in [0, 0.1) is 5.82 Å². The first-order chi connectivity index (χ1) is 20.6. The third-order valence-corrected chi connectivity index (χ3v) is 8.64. The number of hydrogen-bond acceptors (Lipinski definition) is 7. The van der Waals surface area contributed by atoms with Crippen molar-refractivity contribution in [1.29, 1.82) is 0 Å². The van der Waals surface area contributed by atoms with Gasteiger partial charge in [0.1, 0.15) is 5.82 Å². The van der Waals surface area contributed by atoms with Gasteiger partial charge in [-0.1, -0.05) is 25.1 Å². The van der Waals surface area contributed by atoms with E-state index in [0.29, 0.717) is 0 Å². The molecule has 3 aromatic carbocycles. The topological polar surface area (TPSA) is 120 Å². The molecule has 0 fully saturated rings. The average molecular weight is 644 g/mol. The zero-order valence-electron chi connectivity index (χ0n) is 22.7. The van der Waals surface area contributed by atoms with E-state index >= 15 is 0 Å². The van der Waals surface area contributed by atoms with Crippen molar-refractivity contribution in [2.24, 2.45) is 0 Å². The number of sulfone groups is 1. The van der Waals surface area contributed by atoms with Crippen molar-refractivity contribution < 1.29 is 54.1 Å². The van der Waals surface area contributed by atoms with Crippen LogP contribution in [-0.2, 0) is 22.6 Å². The van der Waals surface area contributed by atoms with E-state index in [1.165, 1.54) is 49.4 Å². The van der Waals surface area contributed by atoms with Gasteiger partial charge in [0.25, 0.3) is 5.91 Å². The van der Waals surface area contributed by atoms with Gasteiger partial charge in [-0.05, 0) is 42.8 Å². The third-order valence-electron chi connectivity index (χ3n) is 6.91. The number of hydrogen-bond donors (Lipinski definition) is 2. The molecule has 44 heavy (non-hydrogen) atoms. The Hall–Kier alpha value is -4.31. The first-order valence-electron chi connectivity index (χ1n) is 13.0. The van der Waals surface area contributed by atoms with Gasteiger partial charge in [-0.25, -0.2) is 17.8 Å². The van der Waals surface area contributed by atoms with Crippen molar-refractivity contribution in [1.82, 2.24) is 14.9 Å². The number of fused-ring (bicyclic) bond motifs is 2. The summed E-state index contributed by atoms with van der Waals surface area (Å²) >= 11 is 0. The summed E-state index contributed by atoms with van der Waals surface area (Å²) in [7, 11) is -3.71. The van der Waals surface area contributed by atoms with E-state index in [1.807, 2.05) is 0 Å². The summed E-state index contributed by atoms with van der Waals surface area (Å²) in [6, 6.07) is 9.28. The van der Waals surface area contributed by atoms with E-state index in [4.69, 9.17) is 0 Å². The number of aliphatic hydroxyl groups excluding tert-OH is 1. The minimum absolute atomic E-state index is 0.0436. The van der Waals surface area contributed by atoms with Crippen molar-refractivity contribution in [3.05, 3.63) is 82.9 Å². The molecule has 0 unspecified atom stereocenters. The summed E-state index contributed by atoms with van der Waals surface area (Å²) < 4.78 is 118. The molecule has 1 aromatic heterocycles. The Kier molecular flexibility index (Phi) is 8.01. The highest BCUT2D eigenvalue weighted by Crippen LogP contribution is 2.44. The first kappa shape index (κ1) is 31.1. The van der Waals surface area contributed by atoms with Gasteiger partial charge in [0.05, 0.1) is 34.3 Å². The van der Waals surface area contributed by atoms with Crippen LogP contribution in [0.1, 0.15) is 46.7 Å². The van der Waals surface area contributed by atoms with Crippen LogP contribution in [0.5, 0.6) is 11.5 Å². The van der Waals surface area contributed by atoms with Crippen molar-refractivity contribution >= 4 is 26.8 Å². The number of halogens is 6. The minimum Gasteiger partial charge on any atom is -0.396 e. The van der Waals surface area contributed by atoms with Gasteiger partial charge in [0.15, 0.2) is 21.3 Å². The van der Waals surface area contributed by atoms with Crippen molar-refractivity contribution in [3.8, 4) is 11.5 Å². The highest BCUT2D eigenvalue weighted by atomic mass is 32.2. The molecule has 0 aliphatic carbocycles. The number of nitrogens with one attached hydrogen (secondary N) is 1. The van der Waals surface area contributed by atoms with Crippen molar-refractivity contribution in [3.63, 3.8) is 0 Å². The Labute approximate surface area is 245 Å². The van der Waals surface area contributed by atoms with Crippen LogP contribution in [0.25, 0.3) is 11.0 Å². The SMILES string of the molecule is CCS(=O)(=O)c1ccc([C@H](CCO)NC(=O)c2ccc3c(c2)nc(C(F)(F)F)n3Cc2cccc3c2OC(F)(F)O3)c(F)c1. The number of carbonyl (C=O) groups is 1. The number of imidazole rings is 1. The highest BCUT2D eigenvalue weighted by molar-refractivity contribution is 7.91. The number of alkyl halides is 5. The zero-order chi connectivity index (χ0) is 32.0. The number of rotatable bonds is 9. The quantitative estimate of drug-likeness (QED) is 0.241. The van der Waals surface area contributed by atoms with Crippen LogP contribution in [-0.4, -0.2) is 47.6 Å². The molecule has 1 atom stereocenters. The number of aromatic nitrogens is 2. The Balaban J connectivity index is 1.47. The lowest BCUT2D eigenvalue weighted by Crippen LogP contribution is -2.30. The van der Waals surface area contributed by atoms with Crippen LogP contribution in [0.2, 0.25) is 0 Å². The number of benzene rings is 3. The smallest absolute Gasteiger partial charge is 0.396 e. The maximum atomic E-state index is 14.9. The number of nitrogens with zero attached hydrogens (tertiary/aromatic N) is 2. The average Bonchev–Trinajstić information content (AvgIpc) is 3.48. The lowest BCUT2D eigenvalue weighted by Gasteiger charge is -2.19. The number of aliphatic hydroxyl groups is 1. The molecule has 5 rings (SSSR count).